The molecule has 0 radical (unpaired) electrons. The molecule has 0 aliphatic heterocycles. The van der Waals surface area contributed by atoms with E-state index in [1.54, 1.807) is 12.1 Å². The molecule has 0 heterocycles. The van der Waals surface area contributed by atoms with Gasteiger partial charge in [-0.25, -0.2) is 4.39 Å². The first kappa shape index (κ1) is 14.0. The van der Waals surface area contributed by atoms with E-state index >= 15 is 0 Å². The molecule has 19 heavy (non-hydrogen) atoms. The molecule has 0 saturated carbocycles. The molecule has 1 atom stereocenters. The van der Waals surface area contributed by atoms with Gasteiger partial charge in [-0.15, -0.1) is 0 Å². The minimum atomic E-state index is -0.207. The lowest BCUT2D eigenvalue weighted by Gasteiger charge is -2.17. The van der Waals surface area contributed by atoms with Gasteiger partial charge in [-0.3, -0.25) is 11.3 Å². The van der Waals surface area contributed by atoms with Crippen LogP contribution in [0.3, 0.4) is 0 Å². The largest absolute Gasteiger partial charge is 0.271 e. The summed E-state index contributed by atoms with van der Waals surface area (Å²) in [5.41, 5.74) is 4.38. The average Bonchev–Trinajstić information content (AvgIpc) is 2.42. The molecule has 0 aromatic heterocycles. The summed E-state index contributed by atoms with van der Waals surface area (Å²) in [5.74, 6) is 5.35. The SMILES string of the molecule is NNC(Cc1ccccc1F)Cc1ccccc1Cl. The Labute approximate surface area is 117 Å². The highest BCUT2D eigenvalue weighted by Crippen LogP contribution is 2.18. The van der Waals surface area contributed by atoms with E-state index in [1.165, 1.54) is 6.07 Å². The van der Waals surface area contributed by atoms with E-state index in [9.17, 15) is 4.39 Å². The van der Waals surface area contributed by atoms with Gasteiger partial charge in [0.15, 0.2) is 0 Å². The van der Waals surface area contributed by atoms with Crippen LogP contribution in [0, 0.1) is 5.82 Å². The fourth-order valence-electron chi connectivity index (χ4n) is 2.05. The molecule has 2 rings (SSSR count). The van der Waals surface area contributed by atoms with Crippen molar-refractivity contribution in [3.63, 3.8) is 0 Å². The number of hydrogen-bond donors (Lipinski definition) is 2. The quantitative estimate of drug-likeness (QED) is 0.651. The number of nitrogens with one attached hydrogen (secondary N) is 1. The molecule has 0 bridgehead atoms. The van der Waals surface area contributed by atoms with Crippen molar-refractivity contribution in [3.05, 3.63) is 70.5 Å². The van der Waals surface area contributed by atoms with Gasteiger partial charge >= 0.3 is 0 Å². The molecule has 0 amide bonds. The molecule has 2 nitrogen and oxygen atoms in total. The first-order chi connectivity index (χ1) is 9.20. The number of rotatable bonds is 5. The fourth-order valence-corrected chi connectivity index (χ4v) is 2.26. The van der Waals surface area contributed by atoms with Crippen LogP contribution in [0.25, 0.3) is 0 Å². The molecule has 2 aromatic rings. The summed E-state index contributed by atoms with van der Waals surface area (Å²) in [7, 11) is 0. The highest BCUT2D eigenvalue weighted by atomic mass is 35.5. The van der Waals surface area contributed by atoms with Crippen molar-refractivity contribution < 1.29 is 4.39 Å². The van der Waals surface area contributed by atoms with Crippen molar-refractivity contribution in [2.24, 2.45) is 5.84 Å². The lowest BCUT2D eigenvalue weighted by atomic mass is 9.99. The molecule has 0 aliphatic carbocycles. The van der Waals surface area contributed by atoms with E-state index in [0.29, 0.717) is 23.4 Å². The van der Waals surface area contributed by atoms with Gasteiger partial charge in [0.05, 0.1) is 0 Å². The van der Waals surface area contributed by atoms with Gasteiger partial charge in [-0.1, -0.05) is 48.0 Å². The summed E-state index contributed by atoms with van der Waals surface area (Å²) in [6.07, 6.45) is 1.18. The van der Waals surface area contributed by atoms with Gasteiger partial charge in [0, 0.05) is 11.1 Å². The zero-order chi connectivity index (χ0) is 13.7. The van der Waals surface area contributed by atoms with Crippen molar-refractivity contribution in [2.75, 3.05) is 0 Å². The summed E-state index contributed by atoms with van der Waals surface area (Å²) < 4.78 is 13.6. The molecule has 4 heteroatoms. The Morgan fingerprint density at radius 2 is 1.58 bits per heavy atom. The van der Waals surface area contributed by atoms with Gasteiger partial charge in [0.2, 0.25) is 0 Å². The Hall–Kier alpha value is -1.42. The van der Waals surface area contributed by atoms with Crippen molar-refractivity contribution in [3.8, 4) is 0 Å². The van der Waals surface area contributed by atoms with E-state index in [0.717, 1.165) is 5.56 Å². The molecule has 0 aliphatic rings. The lowest BCUT2D eigenvalue weighted by molar-refractivity contribution is 0.506. The maximum atomic E-state index is 13.6. The zero-order valence-corrected chi connectivity index (χ0v) is 11.2. The summed E-state index contributed by atoms with van der Waals surface area (Å²) >= 11 is 6.12. The number of benzene rings is 2. The van der Waals surface area contributed by atoms with Crippen LogP contribution in [0.1, 0.15) is 11.1 Å². The van der Waals surface area contributed by atoms with Crippen molar-refractivity contribution >= 4 is 11.6 Å². The van der Waals surface area contributed by atoms with Gasteiger partial charge in [0.25, 0.3) is 0 Å². The Balaban J connectivity index is 2.09. The Morgan fingerprint density at radius 3 is 2.21 bits per heavy atom. The number of hydrogen-bond acceptors (Lipinski definition) is 2. The summed E-state index contributed by atoms with van der Waals surface area (Å²) in [5, 5.41) is 0.705. The number of halogens is 2. The first-order valence-corrected chi connectivity index (χ1v) is 6.51. The van der Waals surface area contributed by atoms with Crippen molar-refractivity contribution in [1.82, 2.24) is 5.43 Å². The third kappa shape index (κ3) is 3.77. The van der Waals surface area contributed by atoms with Gasteiger partial charge in [0.1, 0.15) is 5.82 Å². The van der Waals surface area contributed by atoms with Crippen LogP contribution in [0.5, 0.6) is 0 Å². The van der Waals surface area contributed by atoms with Gasteiger partial charge < -0.3 is 0 Å². The molecule has 0 fully saturated rings. The van der Waals surface area contributed by atoms with Crippen molar-refractivity contribution in [1.29, 1.82) is 0 Å². The van der Waals surface area contributed by atoms with E-state index in [2.05, 4.69) is 5.43 Å². The maximum Gasteiger partial charge on any atom is 0.126 e. The standard InChI is InChI=1S/C15H16ClFN2/c16-14-7-3-1-5-11(14)9-13(19-18)10-12-6-2-4-8-15(12)17/h1-8,13,19H,9-10,18H2. The second kappa shape index (κ2) is 6.66. The third-order valence-electron chi connectivity index (χ3n) is 3.08. The summed E-state index contributed by atoms with van der Waals surface area (Å²) in [4.78, 5) is 0. The van der Waals surface area contributed by atoms with Crippen LogP contribution in [0.15, 0.2) is 48.5 Å². The van der Waals surface area contributed by atoms with Crippen LogP contribution in [0.2, 0.25) is 5.02 Å². The highest BCUT2D eigenvalue weighted by molar-refractivity contribution is 6.31. The normalized spacial score (nSPS) is 12.4. The molecular weight excluding hydrogens is 263 g/mol. The molecule has 2 aromatic carbocycles. The lowest BCUT2D eigenvalue weighted by Crippen LogP contribution is -2.38. The predicted octanol–water partition coefficient (Wildman–Crippen LogP) is 3.10. The van der Waals surface area contributed by atoms with E-state index in [-0.39, 0.29) is 11.9 Å². The second-order valence-corrected chi connectivity index (χ2v) is 4.86. The Morgan fingerprint density at radius 1 is 1.00 bits per heavy atom. The van der Waals surface area contributed by atoms with E-state index in [4.69, 9.17) is 17.4 Å². The predicted molar refractivity (Wildman–Crippen MR) is 76.4 cm³/mol. The third-order valence-corrected chi connectivity index (χ3v) is 3.45. The van der Waals surface area contributed by atoms with E-state index in [1.807, 2.05) is 30.3 Å². The zero-order valence-electron chi connectivity index (χ0n) is 10.4. The van der Waals surface area contributed by atoms with Gasteiger partial charge in [-0.05, 0) is 36.1 Å². The number of hydrazine groups is 1. The van der Waals surface area contributed by atoms with Crippen LogP contribution in [0.4, 0.5) is 4.39 Å². The first-order valence-electron chi connectivity index (χ1n) is 6.13. The Kier molecular flexibility index (Phi) is 4.91. The summed E-state index contributed by atoms with van der Waals surface area (Å²) in [6, 6.07) is 14.3. The molecule has 0 spiro atoms. The molecule has 0 saturated heterocycles. The minimum absolute atomic E-state index is 0.0585. The van der Waals surface area contributed by atoms with Crippen LogP contribution < -0.4 is 11.3 Å². The maximum absolute atomic E-state index is 13.6. The summed E-state index contributed by atoms with van der Waals surface area (Å²) in [6.45, 7) is 0. The Bertz CT molecular complexity index is 498. The molecule has 1 unspecified atom stereocenters. The molecular formula is C15H16ClFN2. The minimum Gasteiger partial charge on any atom is -0.271 e. The molecule has 100 valence electrons. The topological polar surface area (TPSA) is 38.0 Å². The highest BCUT2D eigenvalue weighted by Gasteiger charge is 2.12. The van der Waals surface area contributed by atoms with Crippen LogP contribution in [-0.4, -0.2) is 6.04 Å². The second-order valence-electron chi connectivity index (χ2n) is 4.45. The molecule has 3 N–H and O–H groups in total. The van der Waals surface area contributed by atoms with E-state index < -0.39 is 0 Å². The van der Waals surface area contributed by atoms with Crippen LogP contribution in [-0.2, 0) is 12.8 Å². The fraction of sp³-hybridized carbons (Fsp3) is 0.200. The van der Waals surface area contributed by atoms with Gasteiger partial charge in [-0.2, -0.15) is 0 Å². The monoisotopic (exact) mass is 278 g/mol. The number of nitrogens with two attached hydrogens (primary N) is 1. The van der Waals surface area contributed by atoms with Crippen LogP contribution >= 0.6 is 11.6 Å². The average molecular weight is 279 g/mol. The smallest absolute Gasteiger partial charge is 0.126 e. The van der Waals surface area contributed by atoms with Crippen molar-refractivity contribution in [2.45, 2.75) is 18.9 Å².